The van der Waals surface area contributed by atoms with E-state index in [1.54, 1.807) is 16.1 Å². The summed E-state index contributed by atoms with van der Waals surface area (Å²) in [6.07, 6.45) is 5.24. The van der Waals surface area contributed by atoms with Crippen molar-refractivity contribution >= 4 is 11.3 Å². The molecule has 0 unspecified atom stereocenters. The highest BCUT2D eigenvalue weighted by atomic mass is 32.1. The molecule has 1 saturated carbocycles. The molecule has 0 spiro atoms. The molecule has 0 bridgehead atoms. The average molecular weight is 325 g/mol. The Kier molecular flexibility index (Phi) is 3.91. The summed E-state index contributed by atoms with van der Waals surface area (Å²) in [7, 11) is 0. The Bertz CT molecular complexity index is 801. The van der Waals surface area contributed by atoms with Gasteiger partial charge in [0.25, 0.3) is 0 Å². The predicted octanol–water partition coefficient (Wildman–Crippen LogP) is 3.81. The minimum absolute atomic E-state index is 0.585. The first-order chi connectivity index (χ1) is 11.3. The van der Waals surface area contributed by atoms with Gasteiger partial charge in [-0.1, -0.05) is 37.1 Å². The number of aromatic nitrogens is 5. The second-order valence-electron chi connectivity index (χ2n) is 6.12. The molecule has 23 heavy (non-hydrogen) atoms. The molecule has 5 nitrogen and oxygen atoms in total. The number of benzene rings is 1. The lowest BCUT2D eigenvalue weighted by Crippen LogP contribution is -2.05. The van der Waals surface area contributed by atoms with Crippen LogP contribution < -0.4 is 0 Å². The summed E-state index contributed by atoms with van der Waals surface area (Å²) in [6, 6.07) is 8.10. The van der Waals surface area contributed by atoms with E-state index < -0.39 is 0 Å². The van der Waals surface area contributed by atoms with Crippen molar-refractivity contribution < 1.29 is 0 Å². The monoisotopic (exact) mass is 325 g/mol. The molecule has 1 aliphatic carbocycles. The van der Waals surface area contributed by atoms with Crippen molar-refractivity contribution in [2.45, 2.75) is 45.1 Å². The fourth-order valence-corrected chi connectivity index (χ4v) is 4.12. The smallest absolute Gasteiger partial charge is 0.205 e. The van der Waals surface area contributed by atoms with Crippen LogP contribution in [0.4, 0.5) is 0 Å². The normalized spacial score (nSPS) is 15.3. The molecule has 1 fully saturated rings. The van der Waals surface area contributed by atoms with Crippen molar-refractivity contribution in [2.24, 2.45) is 0 Å². The van der Waals surface area contributed by atoms with Crippen molar-refractivity contribution in [3.63, 3.8) is 0 Å². The lowest BCUT2D eigenvalue weighted by Gasteiger charge is -2.02. The molecule has 4 rings (SSSR count). The van der Waals surface area contributed by atoms with Crippen LogP contribution in [-0.2, 0) is 6.54 Å². The standard InChI is InChI=1S/C17H19N5S/c1-12-6-2-5-9-15(12)16-19-21-22(20-16)10-14-11-23-17(18-14)13-7-3-4-8-13/h2,5-6,9,11,13H,3-4,7-8,10H2,1H3. The van der Waals surface area contributed by atoms with Gasteiger partial charge in [-0.05, 0) is 30.5 Å². The van der Waals surface area contributed by atoms with Gasteiger partial charge in [-0.15, -0.1) is 21.5 Å². The van der Waals surface area contributed by atoms with Crippen LogP contribution in [0.5, 0.6) is 0 Å². The maximum Gasteiger partial charge on any atom is 0.205 e. The molecule has 2 aromatic heterocycles. The number of hydrogen-bond acceptors (Lipinski definition) is 5. The SMILES string of the molecule is Cc1ccccc1-c1nnn(Cc2csc(C3CCCC3)n2)n1. The van der Waals surface area contributed by atoms with E-state index in [0.717, 1.165) is 16.8 Å². The van der Waals surface area contributed by atoms with Gasteiger partial charge in [0, 0.05) is 16.9 Å². The van der Waals surface area contributed by atoms with Crippen molar-refractivity contribution in [1.82, 2.24) is 25.2 Å². The largest absolute Gasteiger partial charge is 0.244 e. The molecule has 6 heteroatoms. The summed E-state index contributed by atoms with van der Waals surface area (Å²) in [5.74, 6) is 1.34. The van der Waals surface area contributed by atoms with E-state index in [0.29, 0.717) is 18.3 Å². The molecule has 0 radical (unpaired) electrons. The van der Waals surface area contributed by atoms with Crippen LogP contribution in [0.15, 0.2) is 29.6 Å². The van der Waals surface area contributed by atoms with Crippen LogP contribution in [0.3, 0.4) is 0 Å². The molecule has 2 heterocycles. The second kappa shape index (κ2) is 6.20. The van der Waals surface area contributed by atoms with Gasteiger partial charge in [-0.3, -0.25) is 0 Å². The van der Waals surface area contributed by atoms with Gasteiger partial charge in [-0.25, -0.2) is 4.98 Å². The molecule has 0 N–H and O–H groups in total. The third-order valence-electron chi connectivity index (χ3n) is 4.42. The van der Waals surface area contributed by atoms with E-state index in [1.807, 2.05) is 18.2 Å². The molecular formula is C17H19N5S. The first-order valence-corrected chi connectivity index (χ1v) is 8.95. The Balaban J connectivity index is 1.51. The summed E-state index contributed by atoms with van der Waals surface area (Å²) in [4.78, 5) is 6.41. The Morgan fingerprint density at radius 1 is 1.22 bits per heavy atom. The number of rotatable bonds is 4. The second-order valence-corrected chi connectivity index (χ2v) is 7.01. The zero-order chi connectivity index (χ0) is 15.6. The van der Waals surface area contributed by atoms with E-state index in [-0.39, 0.29) is 0 Å². The predicted molar refractivity (Wildman–Crippen MR) is 90.4 cm³/mol. The Morgan fingerprint density at radius 2 is 2.04 bits per heavy atom. The highest BCUT2D eigenvalue weighted by molar-refractivity contribution is 7.09. The van der Waals surface area contributed by atoms with E-state index in [1.165, 1.54) is 30.7 Å². The lowest BCUT2D eigenvalue weighted by atomic mass is 10.1. The maximum atomic E-state index is 4.78. The van der Waals surface area contributed by atoms with Crippen molar-refractivity contribution in [1.29, 1.82) is 0 Å². The number of hydrogen-bond donors (Lipinski definition) is 0. The van der Waals surface area contributed by atoms with Gasteiger partial charge in [-0.2, -0.15) is 4.80 Å². The van der Waals surface area contributed by atoms with E-state index in [2.05, 4.69) is 33.8 Å². The van der Waals surface area contributed by atoms with Gasteiger partial charge < -0.3 is 0 Å². The van der Waals surface area contributed by atoms with Crippen LogP contribution >= 0.6 is 11.3 Å². The molecule has 0 atom stereocenters. The highest BCUT2D eigenvalue weighted by Crippen LogP contribution is 2.35. The van der Waals surface area contributed by atoms with Crippen LogP contribution in [0.1, 0.15) is 47.9 Å². The maximum absolute atomic E-state index is 4.78. The molecular weight excluding hydrogens is 306 g/mol. The summed E-state index contributed by atoms with van der Waals surface area (Å²) in [5.41, 5.74) is 3.22. The number of thiazole rings is 1. The Hall–Kier alpha value is -2.08. The van der Waals surface area contributed by atoms with Crippen LogP contribution in [0.25, 0.3) is 11.4 Å². The topological polar surface area (TPSA) is 56.5 Å². The van der Waals surface area contributed by atoms with Crippen molar-refractivity contribution in [3.8, 4) is 11.4 Å². The lowest BCUT2D eigenvalue weighted by molar-refractivity contribution is 0.563. The summed E-state index contributed by atoms with van der Waals surface area (Å²) < 4.78 is 0. The molecule has 118 valence electrons. The summed E-state index contributed by atoms with van der Waals surface area (Å²) in [5, 5.41) is 16.3. The number of nitrogens with zero attached hydrogens (tertiary/aromatic N) is 5. The first-order valence-electron chi connectivity index (χ1n) is 8.08. The third-order valence-corrected chi connectivity index (χ3v) is 5.47. The Labute approximate surface area is 139 Å². The highest BCUT2D eigenvalue weighted by Gasteiger charge is 2.20. The quantitative estimate of drug-likeness (QED) is 0.732. The first kappa shape index (κ1) is 14.5. The van der Waals surface area contributed by atoms with Crippen LogP contribution in [0.2, 0.25) is 0 Å². The molecule has 3 aromatic rings. The average Bonchev–Trinajstić information content (AvgIpc) is 3.29. The van der Waals surface area contributed by atoms with E-state index >= 15 is 0 Å². The van der Waals surface area contributed by atoms with E-state index in [9.17, 15) is 0 Å². The zero-order valence-corrected chi connectivity index (χ0v) is 14.0. The zero-order valence-electron chi connectivity index (χ0n) is 13.1. The third kappa shape index (κ3) is 3.03. The van der Waals surface area contributed by atoms with Gasteiger partial charge in [0.1, 0.15) is 6.54 Å². The van der Waals surface area contributed by atoms with E-state index in [4.69, 9.17) is 4.98 Å². The number of tetrazole rings is 1. The van der Waals surface area contributed by atoms with Crippen molar-refractivity contribution in [2.75, 3.05) is 0 Å². The molecule has 0 aliphatic heterocycles. The Morgan fingerprint density at radius 3 is 2.87 bits per heavy atom. The fourth-order valence-electron chi connectivity index (χ4n) is 3.14. The molecule has 1 aliphatic rings. The molecule has 1 aromatic carbocycles. The van der Waals surface area contributed by atoms with Gasteiger partial charge in [0.15, 0.2) is 0 Å². The van der Waals surface area contributed by atoms with Gasteiger partial charge in [0.2, 0.25) is 5.82 Å². The van der Waals surface area contributed by atoms with Crippen molar-refractivity contribution in [3.05, 3.63) is 45.9 Å². The minimum atomic E-state index is 0.585. The van der Waals surface area contributed by atoms with Gasteiger partial charge >= 0.3 is 0 Å². The van der Waals surface area contributed by atoms with Gasteiger partial charge in [0.05, 0.1) is 10.7 Å². The minimum Gasteiger partial charge on any atom is -0.244 e. The fraction of sp³-hybridized carbons (Fsp3) is 0.412. The summed E-state index contributed by atoms with van der Waals surface area (Å²) in [6.45, 7) is 2.65. The molecule has 0 amide bonds. The van der Waals surface area contributed by atoms with Crippen LogP contribution in [-0.4, -0.2) is 25.2 Å². The van der Waals surface area contributed by atoms with Crippen LogP contribution in [0, 0.1) is 6.92 Å². The number of aryl methyl sites for hydroxylation is 1. The summed E-state index contributed by atoms with van der Waals surface area (Å²) >= 11 is 1.77. The molecule has 0 saturated heterocycles.